The Bertz CT molecular complexity index is 257. The molecule has 1 aromatic heterocycles. The predicted octanol–water partition coefficient (Wildman–Crippen LogP) is 1.70. The van der Waals surface area contributed by atoms with Crippen LogP contribution in [0.3, 0.4) is 0 Å². The van der Waals surface area contributed by atoms with E-state index in [1.54, 1.807) is 23.9 Å². The fourth-order valence-corrected chi connectivity index (χ4v) is 1.04. The molecule has 68 valence electrons. The zero-order valence-electron chi connectivity index (χ0n) is 7.29. The number of aliphatic hydroxyl groups is 1. The molecule has 1 rings (SSSR count). The van der Waals surface area contributed by atoms with E-state index in [0.29, 0.717) is 18.1 Å². The summed E-state index contributed by atoms with van der Waals surface area (Å²) in [4.78, 5) is 0. The third-order valence-electron chi connectivity index (χ3n) is 1.87. The molecule has 1 atom stereocenters. The molecule has 1 unspecified atom stereocenters. The van der Waals surface area contributed by atoms with E-state index in [-0.39, 0.29) is 0 Å². The van der Waals surface area contributed by atoms with Gasteiger partial charge in [0.2, 0.25) is 0 Å². The van der Waals surface area contributed by atoms with Crippen LogP contribution in [-0.2, 0) is 6.54 Å². The summed E-state index contributed by atoms with van der Waals surface area (Å²) in [6.45, 7) is 4.20. The van der Waals surface area contributed by atoms with Gasteiger partial charge in [0.1, 0.15) is 0 Å². The molecule has 0 bridgehead atoms. The van der Waals surface area contributed by atoms with Crippen molar-refractivity contribution in [2.24, 2.45) is 0 Å². The van der Waals surface area contributed by atoms with E-state index in [9.17, 15) is 5.11 Å². The first-order valence-electron chi connectivity index (χ1n) is 3.95. The molecule has 4 heteroatoms. The number of aromatic nitrogens is 2. The van der Waals surface area contributed by atoms with E-state index in [1.165, 1.54) is 0 Å². The molecule has 3 nitrogen and oxygen atoms in total. The Morgan fingerprint density at radius 1 is 1.75 bits per heavy atom. The molecular weight excluding hydrogens is 176 g/mol. The van der Waals surface area contributed by atoms with E-state index < -0.39 is 5.60 Å². The van der Waals surface area contributed by atoms with E-state index in [4.69, 9.17) is 11.6 Å². The van der Waals surface area contributed by atoms with Crippen LogP contribution in [-0.4, -0.2) is 20.5 Å². The van der Waals surface area contributed by atoms with Crippen LogP contribution in [0.15, 0.2) is 12.3 Å². The van der Waals surface area contributed by atoms with Gasteiger partial charge in [0.15, 0.2) is 5.15 Å². The van der Waals surface area contributed by atoms with Crippen molar-refractivity contribution < 1.29 is 5.11 Å². The van der Waals surface area contributed by atoms with E-state index in [0.717, 1.165) is 0 Å². The molecule has 0 aromatic carbocycles. The normalized spacial score (nSPS) is 16.0. The predicted molar refractivity (Wildman–Crippen MR) is 48.2 cm³/mol. The van der Waals surface area contributed by atoms with Gasteiger partial charge in [-0.1, -0.05) is 18.5 Å². The third-order valence-corrected chi connectivity index (χ3v) is 2.07. The van der Waals surface area contributed by atoms with Gasteiger partial charge in [0.05, 0.1) is 12.1 Å². The minimum Gasteiger partial charge on any atom is -0.388 e. The Morgan fingerprint density at radius 2 is 2.42 bits per heavy atom. The van der Waals surface area contributed by atoms with Crippen molar-refractivity contribution in [1.82, 2.24) is 9.78 Å². The van der Waals surface area contributed by atoms with Crippen molar-refractivity contribution in [3.05, 3.63) is 17.4 Å². The lowest BCUT2D eigenvalue weighted by atomic mass is 10.0. The maximum absolute atomic E-state index is 9.68. The van der Waals surface area contributed by atoms with Crippen molar-refractivity contribution in [2.45, 2.75) is 32.4 Å². The van der Waals surface area contributed by atoms with Gasteiger partial charge in [0, 0.05) is 6.20 Å². The Morgan fingerprint density at radius 3 is 2.83 bits per heavy atom. The number of rotatable bonds is 3. The average molecular weight is 189 g/mol. The molecule has 0 aliphatic carbocycles. The number of hydrogen-bond donors (Lipinski definition) is 1. The van der Waals surface area contributed by atoms with E-state index >= 15 is 0 Å². The smallest absolute Gasteiger partial charge is 0.151 e. The first kappa shape index (κ1) is 9.55. The third kappa shape index (κ3) is 2.50. The standard InChI is InChI=1S/C8H13ClN2O/c1-3-8(2,12)6-11-5-4-7(9)10-11/h4-5,12H,3,6H2,1-2H3. The van der Waals surface area contributed by atoms with E-state index in [2.05, 4.69) is 5.10 Å². The van der Waals surface area contributed by atoms with Crippen LogP contribution >= 0.6 is 11.6 Å². The van der Waals surface area contributed by atoms with Gasteiger partial charge in [-0.05, 0) is 19.4 Å². The molecule has 0 saturated carbocycles. The highest BCUT2D eigenvalue weighted by molar-refractivity contribution is 6.29. The largest absolute Gasteiger partial charge is 0.388 e. The average Bonchev–Trinajstić information content (AvgIpc) is 2.35. The fourth-order valence-electron chi connectivity index (χ4n) is 0.886. The maximum Gasteiger partial charge on any atom is 0.151 e. The summed E-state index contributed by atoms with van der Waals surface area (Å²) in [5, 5.41) is 14.1. The van der Waals surface area contributed by atoms with Gasteiger partial charge < -0.3 is 5.11 Å². The summed E-state index contributed by atoms with van der Waals surface area (Å²) in [6, 6.07) is 1.70. The lowest BCUT2D eigenvalue weighted by Gasteiger charge is -2.20. The minimum atomic E-state index is -0.699. The molecule has 0 saturated heterocycles. The first-order valence-corrected chi connectivity index (χ1v) is 4.32. The fraction of sp³-hybridized carbons (Fsp3) is 0.625. The summed E-state index contributed by atoms with van der Waals surface area (Å²) < 4.78 is 1.64. The molecule has 0 fully saturated rings. The molecule has 1 heterocycles. The highest BCUT2D eigenvalue weighted by atomic mass is 35.5. The van der Waals surface area contributed by atoms with Crippen molar-refractivity contribution in [1.29, 1.82) is 0 Å². The molecule has 0 aliphatic heterocycles. The zero-order chi connectivity index (χ0) is 9.19. The summed E-state index contributed by atoms with van der Waals surface area (Å²) in [6.07, 6.45) is 2.46. The second kappa shape index (κ2) is 3.46. The molecule has 0 amide bonds. The number of hydrogen-bond acceptors (Lipinski definition) is 2. The van der Waals surface area contributed by atoms with Gasteiger partial charge in [0.25, 0.3) is 0 Å². The zero-order valence-corrected chi connectivity index (χ0v) is 8.04. The van der Waals surface area contributed by atoms with Gasteiger partial charge >= 0.3 is 0 Å². The highest BCUT2D eigenvalue weighted by Crippen LogP contribution is 2.12. The summed E-state index contributed by atoms with van der Waals surface area (Å²) in [5.41, 5.74) is -0.699. The Balaban J connectivity index is 2.63. The van der Waals surface area contributed by atoms with Crippen LogP contribution in [0.1, 0.15) is 20.3 Å². The molecule has 0 spiro atoms. The lowest BCUT2D eigenvalue weighted by molar-refractivity contribution is 0.0345. The Labute approximate surface area is 77.0 Å². The number of halogens is 1. The van der Waals surface area contributed by atoms with Gasteiger partial charge in [-0.2, -0.15) is 5.10 Å². The minimum absolute atomic E-state index is 0.460. The van der Waals surface area contributed by atoms with Crippen LogP contribution < -0.4 is 0 Å². The second-order valence-electron chi connectivity index (χ2n) is 3.19. The Hall–Kier alpha value is -0.540. The topological polar surface area (TPSA) is 38.0 Å². The molecule has 0 aliphatic rings. The van der Waals surface area contributed by atoms with Crippen LogP contribution in [0.25, 0.3) is 0 Å². The molecular formula is C8H13ClN2O. The summed E-state index contributed by atoms with van der Waals surface area (Å²) in [5.74, 6) is 0. The SMILES string of the molecule is CCC(C)(O)Cn1ccc(Cl)n1. The monoisotopic (exact) mass is 188 g/mol. The molecule has 1 aromatic rings. The van der Waals surface area contributed by atoms with Gasteiger partial charge in [-0.3, -0.25) is 4.68 Å². The lowest BCUT2D eigenvalue weighted by Crippen LogP contribution is -2.29. The molecule has 1 N–H and O–H groups in total. The second-order valence-corrected chi connectivity index (χ2v) is 3.57. The van der Waals surface area contributed by atoms with Crippen molar-refractivity contribution in [2.75, 3.05) is 0 Å². The van der Waals surface area contributed by atoms with E-state index in [1.807, 2.05) is 6.92 Å². The van der Waals surface area contributed by atoms with Crippen molar-refractivity contribution in [3.8, 4) is 0 Å². The van der Waals surface area contributed by atoms with Crippen LogP contribution in [0.5, 0.6) is 0 Å². The summed E-state index contributed by atoms with van der Waals surface area (Å²) >= 11 is 5.62. The Kier molecular flexibility index (Phi) is 2.75. The van der Waals surface area contributed by atoms with Gasteiger partial charge in [-0.25, -0.2) is 0 Å². The van der Waals surface area contributed by atoms with Crippen molar-refractivity contribution >= 4 is 11.6 Å². The highest BCUT2D eigenvalue weighted by Gasteiger charge is 2.18. The quantitative estimate of drug-likeness (QED) is 0.784. The molecule has 0 radical (unpaired) electrons. The van der Waals surface area contributed by atoms with Crippen LogP contribution in [0, 0.1) is 0 Å². The van der Waals surface area contributed by atoms with Crippen LogP contribution in [0.4, 0.5) is 0 Å². The maximum atomic E-state index is 9.68. The van der Waals surface area contributed by atoms with Crippen molar-refractivity contribution in [3.63, 3.8) is 0 Å². The first-order chi connectivity index (χ1) is 5.53. The number of nitrogens with zero attached hydrogens (tertiary/aromatic N) is 2. The molecule has 12 heavy (non-hydrogen) atoms. The summed E-state index contributed by atoms with van der Waals surface area (Å²) in [7, 11) is 0. The van der Waals surface area contributed by atoms with Gasteiger partial charge in [-0.15, -0.1) is 0 Å². The van der Waals surface area contributed by atoms with Crippen LogP contribution in [0.2, 0.25) is 5.15 Å².